The van der Waals surface area contributed by atoms with Crippen LogP contribution in [0, 0.1) is 5.82 Å². The van der Waals surface area contributed by atoms with Crippen LogP contribution in [-0.4, -0.2) is 19.1 Å². The number of hydrogen-bond acceptors (Lipinski definition) is 3. The summed E-state index contributed by atoms with van der Waals surface area (Å²) in [6, 6.07) is 11.6. The quantitative estimate of drug-likeness (QED) is 0.816. The Hall–Kier alpha value is -2.40. The van der Waals surface area contributed by atoms with E-state index in [-0.39, 0.29) is 23.8 Å². The average Bonchev–Trinajstić information content (AvgIpc) is 2.60. The predicted octanol–water partition coefficient (Wildman–Crippen LogP) is 4.25. The lowest BCUT2D eigenvalue weighted by atomic mass is 10.1. The lowest BCUT2D eigenvalue weighted by Crippen LogP contribution is -2.26. The minimum absolute atomic E-state index is 0.161. The van der Waals surface area contributed by atoms with Crippen LogP contribution in [0.4, 0.5) is 4.39 Å². The molecule has 0 unspecified atom stereocenters. The van der Waals surface area contributed by atoms with Gasteiger partial charge in [0.05, 0.1) is 25.9 Å². The van der Waals surface area contributed by atoms with Gasteiger partial charge in [0.1, 0.15) is 0 Å². The summed E-state index contributed by atoms with van der Waals surface area (Å²) in [6.45, 7) is 6.28. The summed E-state index contributed by atoms with van der Waals surface area (Å²) >= 11 is 0. The molecule has 0 saturated heterocycles. The van der Waals surface area contributed by atoms with E-state index >= 15 is 0 Å². The third kappa shape index (κ3) is 5.29. The molecule has 25 heavy (non-hydrogen) atoms. The zero-order chi connectivity index (χ0) is 18.4. The summed E-state index contributed by atoms with van der Waals surface area (Å²) in [5, 5.41) is 2.87. The van der Waals surface area contributed by atoms with Crippen LogP contribution in [0.1, 0.15) is 48.3 Å². The highest BCUT2D eigenvalue weighted by Crippen LogP contribution is 2.22. The number of hydrogen-bond donors (Lipinski definition) is 1. The Morgan fingerprint density at radius 3 is 2.36 bits per heavy atom. The third-order valence-electron chi connectivity index (χ3n) is 3.82. The molecular weight excluding hydrogens is 321 g/mol. The van der Waals surface area contributed by atoms with Crippen molar-refractivity contribution in [3.8, 4) is 5.75 Å². The smallest absolute Gasteiger partial charge is 0.251 e. The number of halogens is 1. The monoisotopic (exact) mass is 345 g/mol. The molecule has 0 bridgehead atoms. The van der Waals surface area contributed by atoms with Crippen molar-refractivity contribution in [2.75, 3.05) is 7.11 Å². The molecule has 0 aliphatic rings. The Kier molecular flexibility index (Phi) is 6.53. The minimum atomic E-state index is -0.449. The number of amides is 1. The van der Waals surface area contributed by atoms with E-state index in [1.807, 2.05) is 32.9 Å². The van der Waals surface area contributed by atoms with E-state index < -0.39 is 5.82 Å². The van der Waals surface area contributed by atoms with E-state index in [0.717, 1.165) is 5.56 Å². The van der Waals surface area contributed by atoms with Crippen LogP contribution in [0.5, 0.6) is 5.75 Å². The largest absolute Gasteiger partial charge is 0.494 e. The third-order valence-corrected chi connectivity index (χ3v) is 3.82. The molecule has 1 atom stereocenters. The van der Waals surface area contributed by atoms with Gasteiger partial charge in [0.25, 0.3) is 5.91 Å². The molecule has 2 aromatic rings. The molecule has 1 N–H and O–H groups in total. The van der Waals surface area contributed by atoms with Crippen molar-refractivity contribution in [1.29, 1.82) is 0 Å². The van der Waals surface area contributed by atoms with Crippen molar-refractivity contribution >= 4 is 5.91 Å². The second kappa shape index (κ2) is 8.62. The predicted molar refractivity (Wildman–Crippen MR) is 95.2 cm³/mol. The molecule has 0 fully saturated rings. The molecule has 2 aromatic carbocycles. The van der Waals surface area contributed by atoms with E-state index in [9.17, 15) is 9.18 Å². The number of ether oxygens (including phenoxy) is 2. The molecule has 5 heteroatoms. The Morgan fingerprint density at radius 1 is 1.12 bits per heavy atom. The summed E-state index contributed by atoms with van der Waals surface area (Å²) < 4.78 is 24.2. The summed E-state index contributed by atoms with van der Waals surface area (Å²) in [5.41, 5.74) is 2.23. The van der Waals surface area contributed by atoms with Gasteiger partial charge < -0.3 is 14.8 Å². The van der Waals surface area contributed by atoms with Gasteiger partial charge in [-0.05, 0) is 56.2 Å². The summed E-state index contributed by atoms with van der Waals surface area (Å²) in [7, 11) is 1.42. The number of carbonyl (C=O) groups excluding carboxylic acids is 1. The molecule has 2 rings (SSSR count). The number of methoxy groups -OCH3 is 1. The lowest BCUT2D eigenvalue weighted by Gasteiger charge is -2.15. The first-order valence-corrected chi connectivity index (χ1v) is 8.25. The molecule has 0 saturated carbocycles. The van der Waals surface area contributed by atoms with Gasteiger partial charge in [-0.3, -0.25) is 4.79 Å². The Morgan fingerprint density at radius 2 is 1.80 bits per heavy atom. The highest BCUT2D eigenvalue weighted by molar-refractivity contribution is 5.94. The summed E-state index contributed by atoms with van der Waals surface area (Å²) in [4.78, 5) is 12.4. The fourth-order valence-electron chi connectivity index (χ4n) is 2.33. The molecule has 0 aromatic heterocycles. The zero-order valence-corrected chi connectivity index (χ0v) is 15.0. The topological polar surface area (TPSA) is 47.6 Å². The van der Waals surface area contributed by atoms with Crippen LogP contribution in [0.2, 0.25) is 0 Å². The van der Waals surface area contributed by atoms with Crippen molar-refractivity contribution in [1.82, 2.24) is 5.32 Å². The first-order chi connectivity index (χ1) is 11.9. The maximum atomic E-state index is 13.8. The maximum absolute atomic E-state index is 13.8. The highest BCUT2D eigenvalue weighted by atomic mass is 19.1. The van der Waals surface area contributed by atoms with Gasteiger partial charge in [0.15, 0.2) is 11.6 Å². The first-order valence-electron chi connectivity index (χ1n) is 8.25. The van der Waals surface area contributed by atoms with Gasteiger partial charge in [-0.2, -0.15) is 0 Å². The van der Waals surface area contributed by atoms with Crippen LogP contribution in [-0.2, 0) is 11.3 Å². The molecule has 4 nitrogen and oxygen atoms in total. The van der Waals surface area contributed by atoms with Crippen LogP contribution in [0.25, 0.3) is 0 Å². The van der Waals surface area contributed by atoms with E-state index in [1.165, 1.54) is 13.2 Å². The Balaban J connectivity index is 2.00. The number of nitrogens with one attached hydrogen (secondary N) is 1. The van der Waals surface area contributed by atoms with E-state index in [0.29, 0.717) is 17.7 Å². The minimum Gasteiger partial charge on any atom is -0.494 e. The van der Waals surface area contributed by atoms with Crippen molar-refractivity contribution in [2.24, 2.45) is 0 Å². The fraction of sp³-hybridized carbons (Fsp3) is 0.350. The van der Waals surface area contributed by atoms with Crippen LogP contribution < -0.4 is 10.1 Å². The van der Waals surface area contributed by atoms with Crippen molar-refractivity contribution in [3.05, 3.63) is 65.0 Å². The normalized spacial score (nSPS) is 12.1. The maximum Gasteiger partial charge on any atom is 0.251 e. The molecule has 0 heterocycles. The van der Waals surface area contributed by atoms with Crippen LogP contribution in [0.3, 0.4) is 0 Å². The SMILES string of the molecule is COc1ccc([C@H](C)NC(=O)c2ccc(COC(C)C)cc2)cc1F. The second-order valence-electron chi connectivity index (χ2n) is 6.15. The van der Waals surface area contributed by atoms with Gasteiger partial charge >= 0.3 is 0 Å². The average molecular weight is 345 g/mol. The standard InChI is InChI=1S/C20H24FNO3/c1-13(2)25-12-15-5-7-16(8-6-15)20(23)22-14(3)17-9-10-19(24-4)18(21)11-17/h5-11,13-14H,12H2,1-4H3,(H,22,23)/t14-/m0/s1. The van der Waals surface area contributed by atoms with Crippen molar-refractivity contribution < 1.29 is 18.7 Å². The van der Waals surface area contributed by atoms with Crippen LogP contribution in [0.15, 0.2) is 42.5 Å². The Bertz CT molecular complexity index is 713. The van der Waals surface area contributed by atoms with Crippen molar-refractivity contribution in [2.45, 2.75) is 39.5 Å². The van der Waals surface area contributed by atoms with E-state index in [1.54, 1.807) is 24.3 Å². The molecule has 0 aliphatic carbocycles. The highest BCUT2D eigenvalue weighted by Gasteiger charge is 2.13. The first kappa shape index (κ1) is 18.9. The van der Waals surface area contributed by atoms with E-state index in [2.05, 4.69) is 5.32 Å². The number of rotatable bonds is 7. The molecule has 0 radical (unpaired) electrons. The number of benzene rings is 2. The molecule has 1 amide bonds. The molecular formula is C20H24FNO3. The van der Waals surface area contributed by atoms with Crippen molar-refractivity contribution in [3.63, 3.8) is 0 Å². The fourth-order valence-corrected chi connectivity index (χ4v) is 2.33. The lowest BCUT2D eigenvalue weighted by molar-refractivity contribution is 0.0656. The van der Waals surface area contributed by atoms with Gasteiger partial charge in [0, 0.05) is 5.56 Å². The van der Waals surface area contributed by atoms with Crippen LogP contribution >= 0.6 is 0 Å². The Labute approximate surface area is 148 Å². The van der Waals surface area contributed by atoms with Gasteiger partial charge in [-0.25, -0.2) is 4.39 Å². The molecule has 0 spiro atoms. The van der Waals surface area contributed by atoms with Gasteiger partial charge in [-0.1, -0.05) is 18.2 Å². The summed E-state index contributed by atoms with van der Waals surface area (Å²) in [6.07, 6.45) is 0.161. The summed E-state index contributed by atoms with van der Waals surface area (Å²) in [5.74, 6) is -0.475. The zero-order valence-electron chi connectivity index (χ0n) is 15.0. The molecule has 0 aliphatic heterocycles. The van der Waals surface area contributed by atoms with E-state index in [4.69, 9.17) is 9.47 Å². The second-order valence-corrected chi connectivity index (χ2v) is 6.15. The van der Waals surface area contributed by atoms with Gasteiger partial charge in [-0.15, -0.1) is 0 Å². The molecule has 134 valence electrons. The van der Waals surface area contributed by atoms with Gasteiger partial charge in [0.2, 0.25) is 0 Å². The number of carbonyl (C=O) groups is 1.